The van der Waals surface area contributed by atoms with Gasteiger partial charge in [0, 0.05) is 49.7 Å². The molecule has 134 valence electrons. The van der Waals surface area contributed by atoms with Crippen molar-refractivity contribution in [1.29, 1.82) is 0 Å². The van der Waals surface area contributed by atoms with Crippen molar-refractivity contribution < 1.29 is 0 Å². The Morgan fingerprint density at radius 1 is 1.32 bits per heavy atom. The van der Waals surface area contributed by atoms with E-state index in [0.29, 0.717) is 12.0 Å². The second-order valence-electron chi connectivity index (χ2n) is 6.46. The van der Waals surface area contributed by atoms with Crippen molar-refractivity contribution in [2.24, 2.45) is 4.99 Å². The molecule has 1 atom stereocenters. The first-order valence-electron chi connectivity index (χ1n) is 8.93. The van der Waals surface area contributed by atoms with Gasteiger partial charge in [-0.3, -0.25) is 4.99 Å². The molecule has 1 fully saturated rings. The molecule has 0 spiro atoms. The molecule has 0 aliphatic carbocycles. The molecule has 0 amide bonds. The third kappa shape index (κ3) is 4.95. The quantitative estimate of drug-likeness (QED) is 0.638. The number of pyridine rings is 1. The lowest BCUT2D eigenvalue weighted by molar-refractivity contribution is 0.459. The van der Waals surface area contributed by atoms with Crippen molar-refractivity contribution in [1.82, 2.24) is 15.6 Å². The lowest BCUT2D eigenvalue weighted by Crippen LogP contribution is -2.49. The summed E-state index contributed by atoms with van der Waals surface area (Å²) in [5.41, 5.74) is 0. The first kappa shape index (κ1) is 17.7. The fourth-order valence-electron chi connectivity index (χ4n) is 3.10. The molecular formula is C19H27N5S. The van der Waals surface area contributed by atoms with Crippen LogP contribution in [0, 0.1) is 0 Å². The van der Waals surface area contributed by atoms with Gasteiger partial charge in [-0.15, -0.1) is 11.3 Å². The van der Waals surface area contributed by atoms with Gasteiger partial charge < -0.3 is 15.5 Å². The molecule has 0 radical (unpaired) electrons. The van der Waals surface area contributed by atoms with Gasteiger partial charge in [0.25, 0.3) is 0 Å². The fraction of sp³-hybridized carbons (Fsp3) is 0.474. The number of nitrogens with zero attached hydrogens (tertiary/aromatic N) is 3. The largest absolute Gasteiger partial charge is 0.356 e. The monoisotopic (exact) mass is 357 g/mol. The SMILES string of the molecule is CN=C(NCC(C)c1cccs1)NC1CCN(c2ccccn2)CC1. The van der Waals surface area contributed by atoms with Crippen molar-refractivity contribution in [2.45, 2.75) is 31.7 Å². The minimum Gasteiger partial charge on any atom is -0.356 e. The third-order valence-corrected chi connectivity index (χ3v) is 5.74. The van der Waals surface area contributed by atoms with Crippen LogP contribution >= 0.6 is 11.3 Å². The van der Waals surface area contributed by atoms with Crippen molar-refractivity contribution in [3.8, 4) is 0 Å². The molecule has 6 heteroatoms. The van der Waals surface area contributed by atoms with E-state index >= 15 is 0 Å². The van der Waals surface area contributed by atoms with Gasteiger partial charge in [-0.2, -0.15) is 0 Å². The maximum Gasteiger partial charge on any atom is 0.191 e. The van der Waals surface area contributed by atoms with E-state index in [4.69, 9.17) is 0 Å². The Labute approximate surface area is 154 Å². The molecule has 0 bridgehead atoms. The minimum absolute atomic E-state index is 0.461. The average molecular weight is 358 g/mol. The molecule has 2 aromatic rings. The lowest BCUT2D eigenvalue weighted by atomic mass is 10.1. The summed E-state index contributed by atoms with van der Waals surface area (Å²) >= 11 is 1.81. The Hall–Kier alpha value is -2.08. The Balaban J connectivity index is 1.44. The fourth-order valence-corrected chi connectivity index (χ4v) is 3.89. The average Bonchev–Trinajstić information content (AvgIpc) is 3.21. The zero-order chi connectivity index (χ0) is 17.5. The number of aliphatic imine (C=N–C) groups is 1. The van der Waals surface area contributed by atoms with Crippen LogP contribution in [0.2, 0.25) is 0 Å². The van der Waals surface area contributed by atoms with Gasteiger partial charge in [0.2, 0.25) is 0 Å². The van der Waals surface area contributed by atoms with E-state index in [9.17, 15) is 0 Å². The van der Waals surface area contributed by atoms with E-state index in [1.54, 1.807) is 0 Å². The maximum absolute atomic E-state index is 4.45. The summed E-state index contributed by atoms with van der Waals surface area (Å²) in [6.45, 7) is 5.19. The number of nitrogens with one attached hydrogen (secondary N) is 2. The number of guanidine groups is 1. The molecule has 1 aliphatic heterocycles. The van der Waals surface area contributed by atoms with Gasteiger partial charge in [0.1, 0.15) is 5.82 Å². The molecular weight excluding hydrogens is 330 g/mol. The van der Waals surface area contributed by atoms with Crippen molar-refractivity contribution in [3.05, 3.63) is 46.8 Å². The van der Waals surface area contributed by atoms with Gasteiger partial charge >= 0.3 is 0 Å². The maximum atomic E-state index is 4.45. The molecule has 1 unspecified atom stereocenters. The first-order valence-corrected chi connectivity index (χ1v) is 9.81. The van der Waals surface area contributed by atoms with E-state index in [-0.39, 0.29) is 0 Å². The zero-order valence-electron chi connectivity index (χ0n) is 15.0. The van der Waals surface area contributed by atoms with Crippen LogP contribution in [0.15, 0.2) is 46.9 Å². The van der Waals surface area contributed by atoms with Crippen LogP contribution in [0.5, 0.6) is 0 Å². The summed E-state index contributed by atoms with van der Waals surface area (Å²) in [4.78, 5) is 12.6. The van der Waals surface area contributed by atoms with Gasteiger partial charge in [-0.1, -0.05) is 19.1 Å². The summed E-state index contributed by atoms with van der Waals surface area (Å²) in [5.74, 6) is 2.47. The predicted molar refractivity (Wildman–Crippen MR) is 107 cm³/mol. The van der Waals surface area contributed by atoms with E-state index in [0.717, 1.165) is 44.3 Å². The van der Waals surface area contributed by atoms with Crippen LogP contribution in [-0.4, -0.2) is 43.7 Å². The highest BCUT2D eigenvalue weighted by Gasteiger charge is 2.20. The minimum atomic E-state index is 0.461. The number of anilines is 1. The summed E-state index contributed by atoms with van der Waals surface area (Å²) in [6, 6.07) is 10.9. The molecule has 0 saturated carbocycles. The third-order valence-electron chi connectivity index (χ3n) is 4.64. The molecule has 2 aromatic heterocycles. The van der Waals surface area contributed by atoms with Crippen LogP contribution in [0.25, 0.3) is 0 Å². The molecule has 3 rings (SSSR count). The van der Waals surface area contributed by atoms with Gasteiger partial charge in [0.05, 0.1) is 0 Å². The molecule has 5 nitrogen and oxygen atoms in total. The lowest BCUT2D eigenvalue weighted by Gasteiger charge is -2.33. The summed E-state index contributed by atoms with van der Waals surface area (Å²) in [5, 5.41) is 9.17. The molecule has 3 heterocycles. The number of thiophene rings is 1. The highest BCUT2D eigenvalue weighted by Crippen LogP contribution is 2.20. The Morgan fingerprint density at radius 2 is 2.16 bits per heavy atom. The van der Waals surface area contributed by atoms with Crippen LogP contribution in [0.1, 0.15) is 30.6 Å². The molecule has 2 N–H and O–H groups in total. The summed E-state index contributed by atoms with van der Waals surface area (Å²) in [6.07, 6.45) is 4.05. The van der Waals surface area contributed by atoms with E-state index < -0.39 is 0 Å². The number of piperidine rings is 1. The summed E-state index contributed by atoms with van der Waals surface area (Å²) in [7, 11) is 1.84. The number of rotatable bonds is 5. The van der Waals surface area contributed by atoms with Crippen LogP contribution in [-0.2, 0) is 0 Å². The van der Waals surface area contributed by atoms with Gasteiger partial charge in [-0.05, 0) is 36.4 Å². The molecule has 0 aromatic carbocycles. The Bertz CT molecular complexity index is 648. The zero-order valence-corrected chi connectivity index (χ0v) is 15.8. The second kappa shape index (κ2) is 8.85. The van der Waals surface area contributed by atoms with Gasteiger partial charge in [0.15, 0.2) is 5.96 Å². The van der Waals surface area contributed by atoms with Crippen LogP contribution in [0.4, 0.5) is 5.82 Å². The smallest absolute Gasteiger partial charge is 0.191 e. The van der Waals surface area contributed by atoms with Crippen LogP contribution in [0.3, 0.4) is 0 Å². The number of hydrogen-bond acceptors (Lipinski definition) is 4. The van der Waals surface area contributed by atoms with Crippen LogP contribution < -0.4 is 15.5 Å². The predicted octanol–water partition coefficient (Wildman–Crippen LogP) is 3.08. The Kier molecular flexibility index (Phi) is 6.28. The molecule has 1 aliphatic rings. The van der Waals surface area contributed by atoms with Crippen molar-refractivity contribution >= 4 is 23.1 Å². The van der Waals surface area contributed by atoms with Gasteiger partial charge in [-0.25, -0.2) is 4.98 Å². The summed E-state index contributed by atoms with van der Waals surface area (Å²) < 4.78 is 0. The standard InChI is InChI=1S/C19H27N5S/c1-15(17-6-5-13-25-17)14-22-19(20-2)23-16-8-11-24(12-9-16)18-7-3-4-10-21-18/h3-7,10,13,15-16H,8-9,11-12,14H2,1-2H3,(H2,20,22,23). The first-order chi connectivity index (χ1) is 12.3. The topological polar surface area (TPSA) is 52.6 Å². The highest BCUT2D eigenvalue weighted by atomic mass is 32.1. The van der Waals surface area contributed by atoms with E-state index in [2.05, 4.69) is 56.0 Å². The number of hydrogen-bond donors (Lipinski definition) is 2. The Morgan fingerprint density at radius 3 is 2.80 bits per heavy atom. The van der Waals surface area contributed by atoms with Crippen molar-refractivity contribution in [2.75, 3.05) is 31.6 Å². The number of aromatic nitrogens is 1. The molecule has 1 saturated heterocycles. The van der Waals surface area contributed by atoms with E-state index in [1.165, 1.54) is 4.88 Å². The normalized spacial score (nSPS) is 17.4. The van der Waals surface area contributed by atoms with E-state index in [1.807, 2.05) is 36.7 Å². The molecule has 25 heavy (non-hydrogen) atoms. The highest BCUT2D eigenvalue weighted by molar-refractivity contribution is 7.10. The van der Waals surface area contributed by atoms with Crippen molar-refractivity contribution in [3.63, 3.8) is 0 Å². The second-order valence-corrected chi connectivity index (χ2v) is 7.44.